The van der Waals surface area contributed by atoms with Crippen LogP contribution in [0.4, 0.5) is 5.95 Å². The molecule has 1 unspecified atom stereocenters. The molecule has 0 spiro atoms. The average molecular weight is 303 g/mol. The van der Waals surface area contributed by atoms with Crippen molar-refractivity contribution in [2.45, 2.75) is 25.9 Å². The van der Waals surface area contributed by atoms with E-state index in [0.29, 0.717) is 25.7 Å². The molecule has 7 heteroatoms. The standard InChI is InChI=1S/C15H21N5O2/c1-12-4-6-13(7-5-12)20-15(17-18-19-20)16-8-10-21-11-14-3-2-9-22-14/h4-7,14H,2-3,8-11H2,1H3,(H,16,17,19). The van der Waals surface area contributed by atoms with Gasteiger partial charge in [-0.05, 0) is 42.3 Å². The lowest BCUT2D eigenvalue weighted by atomic mass is 10.2. The first kappa shape index (κ1) is 14.9. The number of tetrazole rings is 1. The average Bonchev–Trinajstić information content (AvgIpc) is 3.19. The highest BCUT2D eigenvalue weighted by Crippen LogP contribution is 2.13. The zero-order valence-electron chi connectivity index (χ0n) is 12.7. The van der Waals surface area contributed by atoms with Crippen LogP contribution in [0, 0.1) is 6.92 Å². The van der Waals surface area contributed by atoms with Crippen molar-refractivity contribution in [3.63, 3.8) is 0 Å². The Bertz CT molecular complexity index is 578. The minimum Gasteiger partial charge on any atom is -0.377 e. The molecule has 1 saturated heterocycles. The van der Waals surface area contributed by atoms with E-state index in [1.54, 1.807) is 4.68 Å². The Hall–Kier alpha value is -1.99. The third kappa shape index (κ3) is 3.80. The van der Waals surface area contributed by atoms with Gasteiger partial charge in [-0.3, -0.25) is 0 Å². The molecular weight excluding hydrogens is 282 g/mol. The van der Waals surface area contributed by atoms with Crippen LogP contribution in [0.5, 0.6) is 0 Å². The zero-order valence-corrected chi connectivity index (χ0v) is 12.7. The SMILES string of the molecule is Cc1ccc(-n2nnnc2NCCOCC2CCCO2)cc1. The Kier molecular flexibility index (Phi) is 4.97. The maximum absolute atomic E-state index is 5.61. The molecule has 0 aliphatic carbocycles. The third-order valence-electron chi connectivity index (χ3n) is 3.61. The van der Waals surface area contributed by atoms with Crippen LogP contribution >= 0.6 is 0 Å². The van der Waals surface area contributed by atoms with Crippen LogP contribution in [0.1, 0.15) is 18.4 Å². The van der Waals surface area contributed by atoms with Crippen LogP contribution < -0.4 is 5.32 Å². The van der Waals surface area contributed by atoms with Gasteiger partial charge in [-0.2, -0.15) is 4.68 Å². The molecule has 3 rings (SSSR count). The van der Waals surface area contributed by atoms with Gasteiger partial charge >= 0.3 is 0 Å². The van der Waals surface area contributed by atoms with E-state index in [-0.39, 0.29) is 6.10 Å². The first-order chi connectivity index (χ1) is 10.8. The molecule has 118 valence electrons. The van der Waals surface area contributed by atoms with E-state index < -0.39 is 0 Å². The number of aryl methyl sites for hydroxylation is 1. The number of benzene rings is 1. The van der Waals surface area contributed by atoms with Crippen LogP contribution in [0.15, 0.2) is 24.3 Å². The van der Waals surface area contributed by atoms with Crippen LogP contribution in [0.25, 0.3) is 5.69 Å². The van der Waals surface area contributed by atoms with E-state index in [1.807, 2.05) is 31.2 Å². The zero-order chi connectivity index (χ0) is 15.2. The fourth-order valence-electron chi connectivity index (χ4n) is 2.38. The van der Waals surface area contributed by atoms with Crippen molar-refractivity contribution in [2.75, 3.05) is 31.7 Å². The van der Waals surface area contributed by atoms with E-state index >= 15 is 0 Å². The van der Waals surface area contributed by atoms with E-state index in [9.17, 15) is 0 Å². The van der Waals surface area contributed by atoms with Crippen molar-refractivity contribution in [1.82, 2.24) is 20.2 Å². The number of anilines is 1. The predicted octanol–water partition coefficient (Wildman–Crippen LogP) is 1.58. The monoisotopic (exact) mass is 303 g/mol. The van der Waals surface area contributed by atoms with Crippen molar-refractivity contribution < 1.29 is 9.47 Å². The first-order valence-electron chi connectivity index (χ1n) is 7.61. The molecule has 2 aromatic rings. The van der Waals surface area contributed by atoms with Crippen molar-refractivity contribution >= 4 is 5.95 Å². The Morgan fingerprint density at radius 2 is 2.23 bits per heavy atom. The summed E-state index contributed by atoms with van der Waals surface area (Å²) in [5.41, 5.74) is 2.13. The molecule has 0 radical (unpaired) electrons. The number of hydrogen-bond acceptors (Lipinski definition) is 6. The number of nitrogens with one attached hydrogen (secondary N) is 1. The maximum atomic E-state index is 5.61. The molecule has 1 aromatic carbocycles. The Morgan fingerprint density at radius 3 is 3.00 bits per heavy atom. The summed E-state index contributed by atoms with van der Waals surface area (Å²) in [6.45, 7) is 4.82. The van der Waals surface area contributed by atoms with Crippen molar-refractivity contribution in [2.24, 2.45) is 0 Å². The summed E-state index contributed by atoms with van der Waals surface area (Å²) in [6.07, 6.45) is 2.49. The summed E-state index contributed by atoms with van der Waals surface area (Å²) in [4.78, 5) is 0. The minimum absolute atomic E-state index is 0.262. The highest BCUT2D eigenvalue weighted by atomic mass is 16.5. The molecule has 22 heavy (non-hydrogen) atoms. The molecule has 1 aliphatic heterocycles. The first-order valence-corrected chi connectivity index (χ1v) is 7.61. The molecule has 7 nitrogen and oxygen atoms in total. The summed E-state index contributed by atoms with van der Waals surface area (Å²) in [7, 11) is 0. The van der Waals surface area contributed by atoms with Gasteiger partial charge in [0.15, 0.2) is 0 Å². The van der Waals surface area contributed by atoms with E-state index in [2.05, 4.69) is 20.8 Å². The Labute approximate surface area is 129 Å². The molecular formula is C15H21N5O2. The van der Waals surface area contributed by atoms with E-state index in [4.69, 9.17) is 9.47 Å². The molecule has 1 N–H and O–H groups in total. The fourth-order valence-corrected chi connectivity index (χ4v) is 2.38. The van der Waals surface area contributed by atoms with Crippen LogP contribution in [-0.4, -0.2) is 52.7 Å². The van der Waals surface area contributed by atoms with Gasteiger partial charge in [0, 0.05) is 13.2 Å². The number of aromatic nitrogens is 4. The number of nitrogens with zero attached hydrogens (tertiary/aromatic N) is 4. The van der Waals surface area contributed by atoms with Gasteiger partial charge in [0.05, 0.1) is 25.0 Å². The smallest absolute Gasteiger partial charge is 0.247 e. The Morgan fingerprint density at radius 1 is 1.36 bits per heavy atom. The second-order valence-electron chi connectivity index (χ2n) is 5.39. The second-order valence-corrected chi connectivity index (χ2v) is 5.39. The van der Waals surface area contributed by atoms with Gasteiger partial charge in [0.2, 0.25) is 5.95 Å². The summed E-state index contributed by atoms with van der Waals surface area (Å²) >= 11 is 0. The Balaban J connectivity index is 1.46. The van der Waals surface area contributed by atoms with Gasteiger partial charge in [0.1, 0.15) is 0 Å². The lowest BCUT2D eigenvalue weighted by Crippen LogP contribution is -2.19. The lowest BCUT2D eigenvalue weighted by molar-refractivity contribution is 0.0206. The molecule has 0 amide bonds. The fraction of sp³-hybridized carbons (Fsp3) is 0.533. The van der Waals surface area contributed by atoms with Gasteiger partial charge in [-0.25, -0.2) is 0 Å². The number of rotatable bonds is 7. The third-order valence-corrected chi connectivity index (χ3v) is 3.61. The van der Waals surface area contributed by atoms with Crippen molar-refractivity contribution in [3.05, 3.63) is 29.8 Å². The van der Waals surface area contributed by atoms with Crippen molar-refractivity contribution in [1.29, 1.82) is 0 Å². The van der Waals surface area contributed by atoms with Gasteiger partial charge in [-0.1, -0.05) is 22.8 Å². The second kappa shape index (κ2) is 7.33. The summed E-state index contributed by atoms with van der Waals surface area (Å²) in [5.74, 6) is 0.615. The number of ether oxygens (including phenoxy) is 2. The molecule has 1 fully saturated rings. The van der Waals surface area contributed by atoms with Gasteiger partial charge in [0.25, 0.3) is 0 Å². The molecule has 1 atom stereocenters. The predicted molar refractivity (Wildman–Crippen MR) is 82.2 cm³/mol. The number of hydrogen-bond donors (Lipinski definition) is 1. The summed E-state index contributed by atoms with van der Waals surface area (Å²) < 4.78 is 12.8. The molecule has 0 saturated carbocycles. The summed E-state index contributed by atoms with van der Waals surface area (Å²) in [6, 6.07) is 8.05. The highest BCUT2D eigenvalue weighted by Gasteiger charge is 2.15. The van der Waals surface area contributed by atoms with Crippen LogP contribution in [-0.2, 0) is 9.47 Å². The molecule has 1 aromatic heterocycles. The highest BCUT2D eigenvalue weighted by molar-refractivity contribution is 5.39. The minimum atomic E-state index is 0.262. The maximum Gasteiger partial charge on any atom is 0.247 e. The normalized spacial score (nSPS) is 17.8. The van der Waals surface area contributed by atoms with Crippen LogP contribution in [0.3, 0.4) is 0 Å². The molecule has 1 aliphatic rings. The van der Waals surface area contributed by atoms with Crippen LogP contribution in [0.2, 0.25) is 0 Å². The molecule has 2 heterocycles. The van der Waals surface area contributed by atoms with Gasteiger partial charge in [-0.15, -0.1) is 0 Å². The quantitative estimate of drug-likeness (QED) is 0.783. The van der Waals surface area contributed by atoms with Gasteiger partial charge < -0.3 is 14.8 Å². The molecule has 0 bridgehead atoms. The van der Waals surface area contributed by atoms with E-state index in [1.165, 1.54) is 5.56 Å². The van der Waals surface area contributed by atoms with Crippen molar-refractivity contribution in [3.8, 4) is 5.69 Å². The van der Waals surface area contributed by atoms with E-state index in [0.717, 1.165) is 25.1 Å². The summed E-state index contributed by atoms with van der Waals surface area (Å²) in [5, 5.41) is 14.9. The lowest BCUT2D eigenvalue weighted by Gasteiger charge is -2.11. The largest absolute Gasteiger partial charge is 0.377 e. The topological polar surface area (TPSA) is 74.1 Å².